The summed E-state index contributed by atoms with van der Waals surface area (Å²) in [6.45, 7) is 0. The molecule has 0 aliphatic heterocycles. The van der Waals surface area contributed by atoms with Crippen LogP contribution in [0.1, 0.15) is 15.9 Å². The van der Waals surface area contributed by atoms with Crippen molar-refractivity contribution in [3.63, 3.8) is 0 Å². The molecule has 0 bridgehead atoms. The third-order valence-electron chi connectivity index (χ3n) is 2.47. The molecule has 1 aromatic heterocycles. The van der Waals surface area contributed by atoms with Crippen LogP contribution in [-0.4, -0.2) is 28.2 Å². The summed E-state index contributed by atoms with van der Waals surface area (Å²) in [7, 11) is 3.51. The van der Waals surface area contributed by atoms with Gasteiger partial charge in [0.15, 0.2) is 5.16 Å². The number of methoxy groups -OCH3 is 1. The second-order valence-electron chi connectivity index (χ2n) is 3.70. The molecule has 5 nitrogen and oxygen atoms in total. The van der Waals surface area contributed by atoms with Gasteiger partial charge in [-0.2, -0.15) is 0 Å². The second kappa shape index (κ2) is 5.68. The number of ether oxygens (including phenoxy) is 1. The lowest BCUT2D eigenvalue weighted by atomic mass is 10.1. The van der Waals surface area contributed by atoms with Gasteiger partial charge < -0.3 is 9.30 Å². The highest BCUT2D eigenvalue weighted by Gasteiger charge is 2.07. The number of hydrogen-bond acceptors (Lipinski definition) is 5. The first-order valence-electron chi connectivity index (χ1n) is 5.33. The Hall–Kier alpha value is -1.82. The Morgan fingerprint density at radius 3 is 2.94 bits per heavy atom. The maximum Gasteiger partial charge on any atom is 0.191 e. The number of thioether (sulfide) groups is 1. The minimum atomic E-state index is 0.643. The van der Waals surface area contributed by atoms with Gasteiger partial charge in [0.25, 0.3) is 0 Å². The quantitative estimate of drug-likeness (QED) is 0.609. The highest BCUT2D eigenvalue weighted by molar-refractivity contribution is 7.98. The van der Waals surface area contributed by atoms with E-state index < -0.39 is 0 Å². The zero-order chi connectivity index (χ0) is 13.0. The van der Waals surface area contributed by atoms with E-state index in [2.05, 4.69) is 10.2 Å². The Morgan fingerprint density at radius 1 is 1.50 bits per heavy atom. The zero-order valence-corrected chi connectivity index (χ0v) is 11.0. The molecule has 0 unspecified atom stereocenters. The number of hydrogen-bond donors (Lipinski definition) is 0. The Kier molecular flexibility index (Phi) is 3.99. The highest BCUT2D eigenvalue weighted by atomic mass is 32.2. The molecular weight excluding hydrogens is 250 g/mol. The first-order chi connectivity index (χ1) is 8.74. The summed E-state index contributed by atoms with van der Waals surface area (Å²) in [5.74, 6) is 1.45. The first kappa shape index (κ1) is 12.6. The molecule has 0 atom stereocenters. The van der Waals surface area contributed by atoms with E-state index in [1.54, 1.807) is 37.3 Å². The summed E-state index contributed by atoms with van der Waals surface area (Å²) in [4.78, 5) is 10.8. The molecule has 0 fully saturated rings. The van der Waals surface area contributed by atoms with Crippen LogP contribution in [-0.2, 0) is 12.8 Å². The second-order valence-corrected chi connectivity index (χ2v) is 4.64. The van der Waals surface area contributed by atoms with Gasteiger partial charge in [-0.1, -0.05) is 11.8 Å². The highest BCUT2D eigenvalue weighted by Crippen LogP contribution is 2.27. The van der Waals surface area contributed by atoms with Gasteiger partial charge in [-0.25, -0.2) is 0 Å². The van der Waals surface area contributed by atoms with E-state index in [0.717, 1.165) is 22.8 Å². The fourth-order valence-electron chi connectivity index (χ4n) is 1.53. The molecule has 0 radical (unpaired) electrons. The van der Waals surface area contributed by atoms with Crippen LogP contribution < -0.4 is 4.74 Å². The van der Waals surface area contributed by atoms with E-state index in [9.17, 15) is 4.79 Å². The number of aryl methyl sites for hydroxylation is 1. The first-order valence-corrected chi connectivity index (χ1v) is 6.32. The molecular formula is C12H13N3O2S. The maximum absolute atomic E-state index is 10.8. The van der Waals surface area contributed by atoms with Crippen molar-refractivity contribution in [3.8, 4) is 5.75 Å². The summed E-state index contributed by atoms with van der Waals surface area (Å²) in [5, 5.41) is 8.64. The summed E-state index contributed by atoms with van der Waals surface area (Å²) in [6.07, 6.45) is 2.48. The van der Waals surface area contributed by atoms with Gasteiger partial charge in [0, 0.05) is 23.9 Å². The largest absolute Gasteiger partial charge is 0.496 e. The summed E-state index contributed by atoms with van der Waals surface area (Å²) in [6, 6.07) is 5.37. The van der Waals surface area contributed by atoms with E-state index in [4.69, 9.17) is 4.74 Å². The molecule has 0 N–H and O–H groups in total. The number of aromatic nitrogens is 3. The van der Waals surface area contributed by atoms with Gasteiger partial charge in [0.2, 0.25) is 0 Å². The lowest BCUT2D eigenvalue weighted by Crippen LogP contribution is -1.94. The molecule has 2 rings (SSSR count). The zero-order valence-electron chi connectivity index (χ0n) is 10.2. The van der Waals surface area contributed by atoms with Crippen molar-refractivity contribution in [3.05, 3.63) is 35.7 Å². The molecule has 0 saturated heterocycles. The van der Waals surface area contributed by atoms with Crippen LogP contribution in [0.15, 0.2) is 29.7 Å². The smallest absolute Gasteiger partial charge is 0.191 e. The minimum Gasteiger partial charge on any atom is -0.496 e. The Morgan fingerprint density at radius 2 is 2.33 bits per heavy atom. The van der Waals surface area contributed by atoms with Crippen molar-refractivity contribution in [1.82, 2.24) is 14.8 Å². The topological polar surface area (TPSA) is 57.0 Å². The summed E-state index contributed by atoms with van der Waals surface area (Å²) < 4.78 is 7.12. The Bertz CT molecular complexity index is 554. The van der Waals surface area contributed by atoms with Crippen LogP contribution >= 0.6 is 11.8 Å². The molecule has 0 aliphatic rings. The predicted octanol–water partition coefficient (Wildman–Crippen LogP) is 1.93. The molecule has 0 saturated carbocycles. The van der Waals surface area contributed by atoms with Crippen molar-refractivity contribution < 1.29 is 9.53 Å². The molecule has 0 amide bonds. The minimum absolute atomic E-state index is 0.643. The number of benzene rings is 1. The number of aldehydes is 1. The Balaban J connectivity index is 2.17. The van der Waals surface area contributed by atoms with Gasteiger partial charge in [0.05, 0.1) is 7.11 Å². The van der Waals surface area contributed by atoms with Crippen LogP contribution in [0.4, 0.5) is 0 Å². The van der Waals surface area contributed by atoms with E-state index in [0.29, 0.717) is 11.3 Å². The van der Waals surface area contributed by atoms with E-state index >= 15 is 0 Å². The van der Waals surface area contributed by atoms with Crippen molar-refractivity contribution in [2.45, 2.75) is 10.9 Å². The monoisotopic (exact) mass is 263 g/mol. The number of carbonyl (C=O) groups excluding carboxylic acids is 1. The van der Waals surface area contributed by atoms with Crippen molar-refractivity contribution in [2.75, 3.05) is 7.11 Å². The van der Waals surface area contributed by atoms with Gasteiger partial charge >= 0.3 is 0 Å². The maximum atomic E-state index is 10.8. The average Bonchev–Trinajstić information content (AvgIpc) is 2.81. The van der Waals surface area contributed by atoms with Crippen LogP contribution in [0.3, 0.4) is 0 Å². The van der Waals surface area contributed by atoms with E-state index in [1.165, 1.54) is 0 Å². The molecule has 6 heteroatoms. The van der Waals surface area contributed by atoms with Crippen LogP contribution in [0.2, 0.25) is 0 Å². The lowest BCUT2D eigenvalue weighted by molar-refractivity contribution is 0.112. The van der Waals surface area contributed by atoms with Gasteiger partial charge in [-0.15, -0.1) is 10.2 Å². The van der Waals surface area contributed by atoms with Crippen molar-refractivity contribution in [2.24, 2.45) is 7.05 Å². The predicted molar refractivity (Wildman–Crippen MR) is 68.9 cm³/mol. The fraction of sp³-hybridized carbons (Fsp3) is 0.250. The van der Waals surface area contributed by atoms with E-state index in [-0.39, 0.29) is 0 Å². The number of carbonyl (C=O) groups is 1. The lowest BCUT2D eigenvalue weighted by Gasteiger charge is -2.08. The van der Waals surface area contributed by atoms with Gasteiger partial charge in [0.1, 0.15) is 18.4 Å². The third kappa shape index (κ3) is 2.70. The molecule has 18 heavy (non-hydrogen) atoms. The van der Waals surface area contributed by atoms with Crippen LogP contribution in [0.5, 0.6) is 5.75 Å². The fourth-order valence-corrected chi connectivity index (χ4v) is 2.40. The Labute approximate surface area is 109 Å². The molecule has 0 spiro atoms. The molecule has 1 heterocycles. The van der Waals surface area contributed by atoms with Crippen molar-refractivity contribution >= 4 is 18.0 Å². The molecule has 0 aliphatic carbocycles. The third-order valence-corrected chi connectivity index (χ3v) is 3.55. The standard InChI is InChI=1S/C12H13N3O2S/c1-15-8-13-14-12(15)18-7-10-5-9(6-16)3-4-11(10)17-2/h3-6,8H,7H2,1-2H3. The molecule has 94 valence electrons. The van der Waals surface area contributed by atoms with Gasteiger partial charge in [-0.05, 0) is 18.2 Å². The van der Waals surface area contributed by atoms with E-state index in [1.807, 2.05) is 17.7 Å². The molecule has 2 aromatic rings. The summed E-state index contributed by atoms with van der Waals surface area (Å²) in [5.41, 5.74) is 1.61. The van der Waals surface area contributed by atoms with Gasteiger partial charge in [-0.3, -0.25) is 4.79 Å². The number of nitrogens with zero attached hydrogens (tertiary/aromatic N) is 3. The normalized spacial score (nSPS) is 10.3. The van der Waals surface area contributed by atoms with Crippen LogP contribution in [0.25, 0.3) is 0 Å². The number of rotatable bonds is 5. The SMILES string of the molecule is COc1ccc(C=O)cc1CSc1nncn1C. The summed E-state index contributed by atoms with van der Waals surface area (Å²) >= 11 is 1.55. The van der Waals surface area contributed by atoms with Crippen molar-refractivity contribution in [1.29, 1.82) is 0 Å². The van der Waals surface area contributed by atoms with Crippen LogP contribution in [0, 0.1) is 0 Å². The molecule has 1 aromatic carbocycles. The average molecular weight is 263 g/mol.